The molecular weight excluding hydrogens is 415 g/mol. The van der Waals surface area contributed by atoms with Crippen LogP contribution in [0.25, 0.3) is 0 Å². The van der Waals surface area contributed by atoms with Gasteiger partial charge in [0, 0.05) is 32.3 Å². The van der Waals surface area contributed by atoms with Gasteiger partial charge in [0.2, 0.25) is 0 Å². The second kappa shape index (κ2) is 9.36. The summed E-state index contributed by atoms with van der Waals surface area (Å²) in [6, 6.07) is 8.52. The average Bonchev–Trinajstić information content (AvgIpc) is 3.01. The van der Waals surface area contributed by atoms with Crippen molar-refractivity contribution in [1.82, 2.24) is 10.6 Å². The largest absolute Gasteiger partial charge is 0.352 e. The molecule has 2 rings (SSSR count). The van der Waals surface area contributed by atoms with Crippen LogP contribution in [-0.4, -0.2) is 17.9 Å². The minimum atomic E-state index is -0.404. The van der Waals surface area contributed by atoms with E-state index < -0.39 is 4.92 Å². The van der Waals surface area contributed by atoms with Gasteiger partial charge in [-0.3, -0.25) is 15.1 Å². The maximum Gasteiger partial charge on any atom is 0.269 e. The Balaban J connectivity index is 0.00000242. The molecule has 0 amide bonds. The van der Waals surface area contributed by atoms with E-state index in [1.54, 1.807) is 30.5 Å². The van der Waals surface area contributed by atoms with E-state index in [0.29, 0.717) is 19.0 Å². The Kier molecular flexibility index (Phi) is 7.82. The van der Waals surface area contributed by atoms with Crippen molar-refractivity contribution in [3.05, 3.63) is 62.3 Å². The van der Waals surface area contributed by atoms with Crippen molar-refractivity contribution >= 4 is 47.0 Å². The predicted molar refractivity (Wildman–Crippen MR) is 99.9 cm³/mol. The molecule has 0 saturated heterocycles. The molecule has 0 aliphatic rings. The summed E-state index contributed by atoms with van der Waals surface area (Å²) in [5, 5.41) is 21.1. The van der Waals surface area contributed by atoms with Crippen LogP contribution in [0, 0.1) is 10.1 Å². The summed E-state index contributed by atoms with van der Waals surface area (Å²) in [6.07, 6.45) is 0. The van der Waals surface area contributed by atoms with Crippen LogP contribution in [0.2, 0.25) is 0 Å². The predicted octanol–water partition coefficient (Wildman–Crippen LogP) is 3.14. The zero-order chi connectivity index (χ0) is 15.1. The molecule has 0 unspecified atom stereocenters. The summed E-state index contributed by atoms with van der Waals surface area (Å²) < 4.78 is 0. The van der Waals surface area contributed by atoms with Gasteiger partial charge < -0.3 is 10.6 Å². The minimum absolute atomic E-state index is 0. The summed E-state index contributed by atoms with van der Waals surface area (Å²) in [5.74, 6) is 0.694. The fourth-order valence-corrected chi connectivity index (χ4v) is 2.39. The molecule has 8 heteroatoms. The van der Waals surface area contributed by atoms with Crippen molar-refractivity contribution in [3.63, 3.8) is 0 Å². The molecule has 0 aliphatic carbocycles. The molecule has 0 spiro atoms. The molecule has 0 saturated carbocycles. The molecule has 0 atom stereocenters. The van der Waals surface area contributed by atoms with E-state index in [-0.39, 0.29) is 29.7 Å². The van der Waals surface area contributed by atoms with Crippen molar-refractivity contribution in [2.45, 2.75) is 13.1 Å². The van der Waals surface area contributed by atoms with Crippen molar-refractivity contribution in [2.75, 3.05) is 7.05 Å². The van der Waals surface area contributed by atoms with E-state index in [0.717, 1.165) is 5.56 Å². The molecule has 0 bridgehead atoms. The number of non-ortho nitro benzene ring substituents is 1. The lowest BCUT2D eigenvalue weighted by atomic mass is 10.2. The fraction of sp³-hybridized carbons (Fsp3) is 0.214. The van der Waals surface area contributed by atoms with Crippen molar-refractivity contribution in [2.24, 2.45) is 4.99 Å². The molecule has 0 aliphatic heterocycles. The minimum Gasteiger partial charge on any atom is -0.352 e. The van der Waals surface area contributed by atoms with Gasteiger partial charge in [0.05, 0.1) is 4.92 Å². The quantitative estimate of drug-likeness (QED) is 0.250. The van der Waals surface area contributed by atoms with Gasteiger partial charge in [-0.25, -0.2) is 0 Å². The number of nitro benzene ring substituents is 1. The van der Waals surface area contributed by atoms with Crippen LogP contribution in [0.5, 0.6) is 0 Å². The van der Waals surface area contributed by atoms with Gasteiger partial charge >= 0.3 is 0 Å². The number of rotatable bonds is 5. The number of nitro groups is 1. The number of thiophene rings is 1. The third-order valence-corrected chi connectivity index (χ3v) is 3.60. The molecule has 2 aromatic rings. The second-order valence-corrected chi connectivity index (χ2v) is 5.11. The number of nitrogens with zero attached hydrogens (tertiary/aromatic N) is 2. The highest BCUT2D eigenvalue weighted by molar-refractivity contribution is 14.0. The molecule has 22 heavy (non-hydrogen) atoms. The Hall–Kier alpha value is -1.68. The van der Waals surface area contributed by atoms with Crippen LogP contribution in [0.15, 0.2) is 46.1 Å². The Labute approximate surface area is 149 Å². The summed E-state index contributed by atoms with van der Waals surface area (Å²) in [7, 11) is 1.71. The molecule has 118 valence electrons. The van der Waals surface area contributed by atoms with Crippen LogP contribution in [0.1, 0.15) is 11.1 Å². The van der Waals surface area contributed by atoms with E-state index in [2.05, 4.69) is 27.1 Å². The van der Waals surface area contributed by atoms with Gasteiger partial charge in [0.15, 0.2) is 5.96 Å². The maximum absolute atomic E-state index is 10.6. The molecule has 6 nitrogen and oxygen atoms in total. The number of benzene rings is 1. The van der Waals surface area contributed by atoms with Crippen LogP contribution < -0.4 is 10.6 Å². The summed E-state index contributed by atoms with van der Waals surface area (Å²) in [5.41, 5.74) is 2.26. The van der Waals surface area contributed by atoms with Gasteiger partial charge in [-0.05, 0) is 28.0 Å². The van der Waals surface area contributed by atoms with Crippen LogP contribution in [-0.2, 0) is 13.1 Å². The number of hydrogen-bond donors (Lipinski definition) is 2. The smallest absolute Gasteiger partial charge is 0.269 e. The Morgan fingerprint density at radius 2 is 1.82 bits per heavy atom. The van der Waals surface area contributed by atoms with Gasteiger partial charge in [0.1, 0.15) is 0 Å². The molecule has 2 N–H and O–H groups in total. The van der Waals surface area contributed by atoms with Gasteiger partial charge in [-0.15, -0.1) is 24.0 Å². The Morgan fingerprint density at radius 1 is 1.18 bits per heavy atom. The van der Waals surface area contributed by atoms with E-state index in [9.17, 15) is 10.1 Å². The maximum atomic E-state index is 10.6. The van der Waals surface area contributed by atoms with Crippen molar-refractivity contribution in [3.8, 4) is 0 Å². The highest BCUT2D eigenvalue weighted by atomic mass is 127. The number of hydrogen-bond acceptors (Lipinski definition) is 4. The second-order valence-electron chi connectivity index (χ2n) is 4.33. The standard InChI is InChI=1S/C14H16N4O2S.HI/c1-15-14(17-9-12-6-7-21-10-12)16-8-11-2-4-13(5-3-11)18(19)20;/h2-7,10H,8-9H2,1H3,(H2,15,16,17);1H. The lowest BCUT2D eigenvalue weighted by Gasteiger charge is -2.11. The third kappa shape index (κ3) is 5.60. The summed E-state index contributed by atoms with van der Waals surface area (Å²) in [4.78, 5) is 14.3. The summed E-state index contributed by atoms with van der Waals surface area (Å²) >= 11 is 1.66. The van der Waals surface area contributed by atoms with E-state index >= 15 is 0 Å². The topological polar surface area (TPSA) is 79.6 Å². The Bertz CT molecular complexity index is 614. The first-order chi connectivity index (χ1) is 10.2. The van der Waals surface area contributed by atoms with E-state index in [4.69, 9.17) is 0 Å². The number of aliphatic imine (C=N–C) groups is 1. The first-order valence-corrected chi connectivity index (χ1v) is 7.32. The zero-order valence-corrected chi connectivity index (χ0v) is 15.1. The van der Waals surface area contributed by atoms with E-state index in [1.165, 1.54) is 17.7 Å². The molecule has 1 aromatic carbocycles. The van der Waals surface area contributed by atoms with Crippen LogP contribution in [0.3, 0.4) is 0 Å². The first-order valence-electron chi connectivity index (χ1n) is 6.38. The molecule has 0 radical (unpaired) electrons. The van der Waals surface area contributed by atoms with Gasteiger partial charge in [-0.2, -0.15) is 11.3 Å². The zero-order valence-electron chi connectivity index (χ0n) is 12.0. The van der Waals surface area contributed by atoms with Crippen molar-refractivity contribution in [1.29, 1.82) is 0 Å². The molecule has 0 fully saturated rings. The fourth-order valence-electron chi connectivity index (χ4n) is 1.72. The number of nitrogens with one attached hydrogen (secondary N) is 2. The third-order valence-electron chi connectivity index (χ3n) is 2.87. The number of halogens is 1. The molecule has 1 heterocycles. The van der Waals surface area contributed by atoms with Gasteiger partial charge in [-0.1, -0.05) is 12.1 Å². The van der Waals surface area contributed by atoms with Crippen molar-refractivity contribution < 1.29 is 4.92 Å². The van der Waals surface area contributed by atoms with Crippen LogP contribution in [0.4, 0.5) is 5.69 Å². The van der Waals surface area contributed by atoms with Gasteiger partial charge in [0.25, 0.3) is 5.69 Å². The lowest BCUT2D eigenvalue weighted by molar-refractivity contribution is -0.384. The SMILES string of the molecule is CN=C(NCc1ccc([N+](=O)[O-])cc1)NCc1ccsc1.I. The number of guanidine groups is 1. The average molecular weight is 432 g/mol. The normalized spacial score (nSPS) is 10.7. The molecular formula is C14H17IN4O2S. The first kappa shape index (κ1) is 18.4. The monoisotopic (exact) mass is 432 g/mol. The highest BCUT2D eigenvalue weighted by Gasteiger charge is 2.04. The van der Waals surface area contributed by atoms with E-state index in [1.807, 2.05) is 5.38 Å². The lowest BCUT2D eigenvalue weighted by Crippen LogP contribution is -2.36. The highest BCUT2D eigenvalue weighted by Crippen LogP contribution is 2.11. The van der Waals surface area contributed by atoms with Crippen LogP contribution >= 0.6 is 35.3 Å². The molecule has 1 aromatic heterocycles. The summed E-state index contributed by atoms with van der Waals surface area (Å²) in [6.45, 7) is 1.27. The Morgan fingerprint density at radius 3 is 2.32 bits per heavy atom.